The van der Waals surface area contributed by atoms with Crippen LogP contribution in [0.3, 0.4) is 0 Å². The van der Waals surface area contributed by atoms with Crippen molar-refractivity contribution in [3.8, 4) is 0 Å². The lowest BCUT2D eigenvalue weighted by molar-refractivity contribution is 0.166. The molecule has 322 valence electrons. The van der Waals surface area contributed by atoms with Crippen LogP contribution >= 0.6 is 0 Å². The van der Waals surface area contributed by atoms with Crippen molar-refractivity contribution < 1.29 is 0 Å². The zero-order valence-electron chi connectivity index (χ0n) is 38.0. The van der Waals surface area contributed by atoms with Crippen LogP contribution < -0.4 is 5.32 Å². The highest BCUT2D eigenvalue weighted by Gasteiger charge is 2.50. The van der Waals surface area contributed by atoms with Crippen LogP contribution in [0.1, 0.15) is 117 Å². The SMILES string of the molecule is CC1C2C=CC(C3CC=C4C(C3)C3=C(CCCC3)N4C3=CC(C4C=CCCC4)=CC(C4C=CC=CN4)C3)CC2C2=C(C=CCC2)CC1C1C=C2C(=CC1)C(C)(C)C1C=CC=CC21. The lowest BCUT2D eigenvalue weighted by Crippen LogP contribution is -2.36. The van der Waals surface area contributed by atoms with Gasteiger partial charge in [0.05, 0.1) is 6.04 Å². The van der Waals surface area contributed by atoms with E-state index in [1.165, 1.54) is 89.9 Å². The number of allylic oxidation sites excluding steroid dienone is 24. The van der Waals surface area contributed by atoms with Gasteiger partial charge in [0.1, 0.15) is 0 Å². The monoisotopic (exact) mass is 821 g/mol. The van der Waals surface area contributed by atoms with Gasteiger partial charge in [-0.15, -0.1) is 0 Å². The summed E-state index contributed by atoms with van der Waals surface area (Å²) in [6.45, 7) is 7.67. The molecule has 1 N–H and O–H groups in total. The Kier molecular flexibility index (Phi) is 10.1. The molecule has 10 aliphatic carbocycles. The lowest BCUT2D eigenvalue weighted by Gasteiger charge is -2.43. The predicted molar refractivity (Wildman–Crippen MR) is 258 cm³/mol. The van der Waals surface area contributed by atoms with Crippen molar-refractivity contribution >= 4 is 0 Å². The normalized spacial score (nSPS) is 41.1. The number of nitrogens with one attached hydrogen (secondary N) is 1. The van der Waals surface area contributed by atoms with E-state index in [9.17, 15) is 0 Å². The molecule has 62 heavy (non-hydrogen) atoms. The van der Waals surface area contributed by atoms with E-state index in [2.05, 4.69) is 147 Å². The molecule has 0 amide bonds. The summed E-state index contributed by atoms with van der Waals surface area (Å²) in [5.41, 5.74) is 15.4. The zero-order valence-corrected chi connectivity index (χ0v) is 38.0. The average Bonchev–Trinajstić information content (AvgIpc) is 3.73. The van der Waals surface area contributed by atoms with Gasteiger partial charge in [-0.3, -0.25) is 0 Å². The maximum atomic E-state index is 3.74. The first-order valence-electron chi connectivity index (χ1n) is 25.7. The van der Waals surface area contributed by atoms with Gasteiger partial charge >= 0.3 is 0 Å². The second kappa shape index (κ2) is 15.9. The summed E-state index contributed by atoms with van der Waals surface area (Å²) < 4.78 is 0. The highest BCUT2D eigenvalue weighted by atomic mass is 15.2. The largest absolute Gasteiger partial charge is 0.384 e. The number of hydrogen-bond donors (Lipinski definition) is 1. The molecule has 0 aromatic rings. The molecular formula is C60H72N2. The van der Waals surface area contributed by atoms with Gasteiger partial charge in [-0.05, 0) is 195 Å². The summed E-state index contributed by atoms with van der Waals surface area (Å²) in [4.78, 5) is 2.88. The Hall–Kier alpha value is -4.04. The van der Waals surface area contributed by atoms with Gasteiger partial charge in [0.2, 0.25) is 0 Å². The molecule has 13 unspecified atom stereocenters. The topological polar surface area (TPSA) is 15.3 Å². The van der Waals surface area contributed by atoms with Gasteiger partial charge in [0.15, 0.2) is 0 Å². The van der Waals surface area contributed by atoms with Crippen LogP contribution in [0.15, 0.2) is 166 Å². The van der Waals surface area contributed by atoms with Gasteiger partial charge < -0.3 is 10.2 Å². The maximum absolute atomic E-state index is 3.74. The Morgan fingerprint density at radius 3 is 2.55 bits per heavy atom. The molecule has 0 spiro atoms. The lowest BCUT2D eigenvalue weighted by atomic mass is 9.62. The molecule has 0 aromatic carbocycles. The Morgan fingerprint density at radius 1 is 0.758 bits per heavy atom. The third kappa shape index (κ3) is 6.61. The molecule has 0 radical (unpaired) electrons. The summed E-state index contributed by atoms with van der Waals surface area (Å²) in [5.74, 6) is 7.53. The Morgan fingerprint density at radius 2 is 1.66 bits per heavy atom. The quantitative estimate of drug-likeness (QED) is 0.278. The number of fused-ring (bicyclic) bond motifs is 7. The van der Waals surface area contributed by atoms with Gasteiger partial charge in [-0.25, -0.2) is 0 Å². The Labute approximate surface area is 374 Å². The van der Waals surface area contributed by atoms with Gasteiger partial charge in [0, 0.05) is 40.8 Å². The minimum absolute atomic E-state index is 0.221. The highest BCUT2D eigenvalue weighted by Crippen LogP contribution is 2.60. The van der Waals surface area contributed by atoms with Crippen molar-refractivity contribution in [2.75, 3.05) is 0 Å². The van der Waals surface area contributed by atoms with Crippen molar-refractivity contribution in [2.24, 2.45) is 76.4 Å². The van der Waals surface area contributed by atoms with E-state index in [0.29, 0.717) is 71.1 Å². The predicted octanol–water partition coefficient (Wildman–Crippen LogP) is 14.7. The number of hydrogen-bond acceptors (Lipinski definition) is 2. The fourth-order valence-corrected chi connectivity index (χ4v) is 15.8. The van der Waals surface area contributed by atoms with Gasteiger partial charge in [-0.2, -0.15) is 0 Å². The molecule has 2 heterocycles. The molecule has 12 rings (SSSR count). The van der Waals surface area contributed by atoms with Crippen LogP contribution in [-0.4, -0.2) is 10.9 Å². The molecule has 2 aliphatic heterocycles. The van der Waals surface area contributed by atoms with E-state index in [4.69, 9.17) is 0 Å². The van der Waals surface area contributed by atoms with Gasteiger partial charge in [-0.1, -0.05) is 124 Å². The maximum Gasteiger partial charge on any atom is 0.0508 e. The van der Waals surface area contributed by atoms with E-state index in [0.717, 1.165) is 12.3 Å². The molecule has 0 aromatic heterocycles. The zero-order chi connectivity index (χ0) is 41.5. The molecule has 1 saturated carbocycles. The van der Waals surface area contributed by atoms with Crippen LogP contribution in [0, 0.1) is 76.4 Å². The first-order chi connectivity index (χ1) is 30.4. The molecule has 0 saturated heterocycles. The summed E-state index contributed by atoms with van der Waals surface area (Å²) in [6.07, 6.45) is 67.0. The number of rotatable bonds is 5. The first kappa shape index (κ1) is 39.5. The molecular weight excluding hydrogens is 749 g/mol. The molecule has 13 atom stereocenters. The molecule has 12 aliphatic rings. The van der Waals surface area contributed by atoms with Crippen LogP contribution in [0.25, 0.3) is 0 Å². The second-order valence-electron chi connectivity index (χ2n) is 22.4. The summed E-state index contributed by atoms with van der Waals surface area (Å²) >= 11 is 0. The van der Waals surface area contributed by atoms with Crippen LogP contribution in [0.2, 0.25) is 0 Å². The van der Waals surface area contributed by atoms with Crippen molar-refractivity contribution in [1.82, 2.24) is 10.2 Å². The summed E-state index contributed by atoms with van der Waals surface area (Å²) in [7, 11) is 0. The molecule has 2 heteroatoms. The number of nitrogens with zero attached hydrogens (tertiary/aromatic N) is 1. The van der Waals surface area contributed by atoms with E-state index in [-0.39, 0.29) is 5.41 Å². The van der Waals surface area contributed by atoms with Gasteiger partial charge in [0.25, 0.3) is 0 Å². The number of dihydropyridines is 1. The smallest absolute Gasteiger partial charge is 0.0508 e. The van der Waals surface area contributed by atoms with E-state index >= 15 is 0 Å². The van der Waals surface area contributed by atoms with E-state index in [1.54, 1.807) is 39.4 Å². The van der Waals surface area contributed by atoms with Crippen molar-refractivity contribution in [1.29, 1.82) is 0 Å². The third-order valence-corrected chi connectivity index (χ3v) is 18.9. The fourth-order valence-electron chi connectivity index (χ4n) is 15.8. The summed E-state index contributed by atoms with van der Waals surface area (Å²) in [6, 6.07) is 0.358. The minimum atomic E-state index is 0.221. The van der Waals surface area contributed by atoms with E-state index in [1.807, 2.05) is 11.1 Å². The van der Waals surface area contributed by atoms with Crippen molar-refractivity contribution in [2.45, 2.75) is 123 Å². The fraction of sp³-hybridized carbons (Fsp3) is 0.533. The van der Waals surface area contributed by atoms with Crippen LogP contribution in [0.5, 0.6) is 0 Å². The van der Waals surface area contributed by atoms with E-state index < -0.39 is 0 Å². The first-order valence-corrected chi connectivity index (χ1v) is 25.7. The third-order valence-electron chi connectivity index (χ3n) is 18.9. The van der Waals surface area contributed by atoms with Crippen molar-refractivity contribution in [3.05, 3.63) is 166 Å². The molecule has 2 nitrogen and oxygen atoms in total. The standard InChI is InChI=1S/C60H72N2/c1-38-47-27-24-40(34-52(47)48-18-8-7-17-42(48)36-51(38)43-25-28-56-53(37-43)49-19-9-11-21-55(49)60(56,2)3)41-26-29-59-54(35-41)50-20-10-12-23-58(50)62(59)46-32-44(39-15-5-4-6-16-39)31-45(33-46)57-22-13-14-30-61-57/h5,7,9,11,13-15,17,19,21-22,24,27-32,37-41,43,45,47,49,51-52,54-55,57,61H,4,6,8,10,12,16,18,20,23,25-26,33-36H2,1-3H3. The second-order valence-corrected chi connectivity index (χ2v) is 22.4. The Bertz CT molecular complexity index is 2300. The average molecular weight is 821 g/mol. The highest BCUT2D eigenvalue weighted by molar-refractivity contribution is 5.52. The minimum Gasteiger partial charge on any atom is -0.384 e. The molecule has 1 fully saturated rings. The van der Waals surface area contributed by atoms with Crippen molar-refractivity contribution in [3.63, 3.8) is 0 Å². The van der Waals surface area contributed by atoms with Crippen LogP contribution in [-0.2, 0) is 0 Å². The van der Waals surface area contributed by atoms with Crippen LogP contribution in [0.4, 0.5) is 0 Å². The Balaban J connectivity index is 0.826. The molecule has 0 bridgehead atoms. The summed E-state index contributed by atoms with van der Waals surface area (Å²) in [5, 5.41) is 3.74.